The number of hydrogen-bond acceptors (Lipinski definition) is 4. The fourth-order valence-corrected chi connectivity index (χ4v) is 3.29. The third kappa shape index (κ3) is 5.65. The van der Waals surface area contributed by atoms with E-state index >= 15 is 0 Å². The Morgan fingerprint density at radius 1 is 1.17 bits per heavy atom. The topological polar surface area (TPSA) is 46.6 Å². The van der Waals surface area contributed by atoms with E-state index in [0.29, 0.717) is 37.3 Å². The molecular formula is C18H20ClNO3S. The van der Waals surface area contributed by atoms with Crippen molar-refractivity contribution in [2.75, 3.05) is 13.7 Å². The lowest BCUT2D eigenvalue weighted by Crippen LogP contribution is -2.25. The van der Waals surface area contributed by atoms with Crippen LogP contribution in [0.25, 0.3) is 0 Å². The normalized spacial score (nSPS) is 10.5. The molecule has 0 aliphatic carbocycles. The second-order valence-corrected chi connectivity index (χ2v) is 7.29. The first-order chi connectivity index (χ1) is 11.5. The molecule has 2 aromatic rings. The largest absolute Gasteiger partial charge is 0.494 e. The number of hydrogen-bond donors (Lipinski definition) is 0. The van der Waals surface area contributed by atoms with E-state index in [1.165, 1.54) is 18.3 Å². The summed E-state index contributed by atoms with van der Waals surface area (Å²) < 4.78 is 6.33. The minimum atomic E-state index is 0.0298. The lowest BCUT2D eigenvalue weighted by atomic mass is 10.1. The first kappa shape index (κ1) is 18.5. The van der Waals surface area contributed by atoms with E-state index in [1.807, 2.05) is 12.1 Å². The summed E-state index contributed by atoms with van der Waals surface area (Å²) in [6.07, 6.45) is 1.07. The number of nitrogens with zero attached hydrogens (tertiary/aromatic N) is 1. The van der Waals surface area contributed by atoms with Crippen LogP contribution in [0.2, 0.25) is 4.34 Å². The lowest BCUT2D eigenvalue weighted by molar-refractivity contribution is -0.130. The molecule has 0 bridgehead atoms. The van der Waals surface area contributed by atoms with Crippen molar-refractivity contribution in [1.82, 2.24) is 4.90 Å². The number of amides is 1. The highest BCUT2D eigenvalue weighted by Gasteiger charge is 2.10. The van der Waals surface area contributed by atoms with Crippen molar-refractivity contribution >= 4 is 34.6 Å². The molecule has 0 saturated heterocycles. The number of carbonyl (C=O) groups excluding carboxylic acids is 2. The summed E-state index contributed by atoms with van der Waals surface area (Å²) in [6, 6.07) is 10.8. The molecule has 0 aliphatic heterocycles. The monoisotopic (exact) mass is 365 g/mol. The SMILES string of the molecule is CC(=O)c1ccc(OCCCC(=O)N(C)Cc2ccc(Cl)s2)cc1. The van der Waals surface area contributed by atoms with Crippen LogP contribution >= 0.6 is 22.9 Å². The van der Waals surface area contributed by atoms with Crippen molar-refractivity contribution in [1.29, 1.82) is 0 Å². The van der Waals surface area contributed by atoms with E-state index in [0.717, 1.165) is 9.21 Å². The smallest absolute Gasteiger partial charge is 0.222 e. The second-order valence-electron chi connectivity index (χ2n) is 5.49. The Bertz CT molecular complexity index is 697. The van der Waals surface area contributed by atoms with Crippen LogP contribution in [0.15, 0.2) is 36.4 Å². The lowest BCUT2D eigenvalue weighted by Gasteiger charge is -2.16. The van der Waals surface area contributed by atoms with Crippen molar-refractivity contribution < 1.29 is 14.3 Å². The number of rotatable bonds is 8. The molecule has 1 aromatic carbocycles. The summed E-state index contributed by atoms with van der Waals surface area (Å²) in [5.74, 6) is 0.811. The highest BCUT2D eigenvalue weighted by molar-refractivity contribution is 7.16. The first-order valence-electron chi connectivity index (χ1n) is 7.67. The standard InChI is InChI=1S/C18H20ClNO3S/c1-13(21)14-5-7-15(8-6-14)23-11-3-4-18(22)20(2)12-16-9-10-17(19)24-16/h5-10H,3-4,11-12H2,1-2H3. The van der Waals surface area contributed by atoms with Gasteiger partial charge in [0.2, 0.25) is 5.91 Å². The third-order valence-electron chi connectivity index (χ3n) is 3.51. The van der Waals surface area contributed by atoms with Gasteiger partial charge in [0.1, 0.15) is 5.75 Å². The van der Waals surface area contributed by atoms with Crippen molar-refractivity contribution in [3.63, 3.8) is 0 Å². The summed E-state index contributed by atoms with van der Waals surface area (Å²) in [5, 5.41) is 0. The average molecular weight is 366 g/mol. The quantitative estimate of drug-likeness (QED) is 0.513. The summed E-state index contributed by atoms with van der Waals surface area (Å²) in [5.41, 5.74) is 0.660. The summed E-state index contributed by atoms with van der Waals surface area (Å²) in [6.45, 7) is 2.57. The molecule has 0 spiro atoms. The van der Waals surface area contributed by atoms with Gasteiger partial charge in [0.25, 0.3) is 0 Å². The van der Waals surface area contributed by atoms with Crippen molar-refractivity contribution in [3.8, 4) is 5.75 Å². The van der Waals surface area contributed by atoms with Gasteiger partial charge in [0.05, 0.1) is 17.5 Å². The minimum Gasteiger partial charge on any atom is -0.494 e. The van der Waals surface area contributed by atoms with Gasteiger partial charge in [-0.25, -0.2) is 0 Å². The van der Waals surface area contributed by atoms with Crippen LogP contribution in [-0.2, 0) is 11.3 Å². The van der Waals surface area contributed by atoms with Gasteiger partial charge in [0, 0.05) is 23.9 Å². The molecule has 1 heterocycles. The molecule has 0 saturated carbocycles. The maximum Gasteiger partial charge on any atom is 0.222 e. The highest BCUT2D eigenvalue weighted by Crippen LogP contribution is 2.22. The van der Waals surface area contributed by atoms with Crippen molar-refractivity contribution in [2.45, 2.75) is 26.3 Å². The van der Waals surface area contributed by atoms with Crippen LogP contribution in [0, 0.1) is 0 Å². The van der Waals surface area contributed by atoms with Gasteiger partial charge in [-0.3, -0.25) is 9.59 Å². The molecular weight excluding hydrogens is 346 g/mol. The van der Waals surface area contributed by atoms with Crippen molar-refractivity contribution in [2.24, 2.45) is 0 Å². The number of halogens is 1. The van der Waals surface area contributed by atoms with E-state index in [1.54, 1.807) is 36.2 Å². The number of benzene rings is 1. The Kier molecular flexibility index (Phi) is 6.82. The molecule has 1 amide bonds. The van der Waals surface area contributed by atoms with Gasteiger partial charge in [-0.1, -0.05) is 11.6 Å². The number of ether oxygens (including phenoxy) is 1. The Labute approximate surface area is 151 Å². The van der Waals surface area contributed by atoms with Gasteiger partial charge in [-0.15, -0.1) is 11.3 Å². The molecule has 1 aromatic heterocycles. The van der Waals surface area contributed by atoms with Crippen LogP contribution in [0.4, 0.5) is 0 Å². The van der Waals surface area contributed by atoms with Gasteiger partial charge in [-0.2, -0.15) is 0 Å². The average Bonchev–Trinajstić information content (AvgIpc) is 2.96. The third-order valence-corrected chi connectivity index (χ3v) is 4.73. The maximum absolute atomic E-state index is 12.1. The number of ketones is 1. The first-order valence-corrected chi connectivity index (χ1v) is 8.87. The molecule has 128 valence electrons. The van der Waals surface area contributed by atoms with Gasteiger partial charge < -0.3 is 9.64 Å². The van der Waals surface area contributed by atoms with Gasteiger partial charge in [0.15, 0.2) is 5.78 Å². The zero-order chi connectivity index (χ0) is 17.5. The number of carbonyl (C=O) groups is 2. The molecule has 24 heavy (non-hydrogen) atoms. The minimum absolute atomic E-state index is 0.0298. The van der Waals surface area contributed by atoms with Crippen molar-refractivity contribution in [3.05, 3.63) is 51.2 Å². The van der Waals surface area contributed by atoms with E-state index < -0.39 is 0 Å². The number of Topliss-reactive ketones (excluding diaryl/α,β-unsaturated/α-hetero) is 1. The summed E-state index contributed by atoms with van der Waals surface area (Å²) >= 11 is 7.38. The van der Waals surface area contributed by atoms with E-state index in [-0.39, 0.29) is 11.7 Å². The van der Waals surface area contributed by atoms with E-state index in [2.05, 4.69) is 0 Å². The van der Waals surface area contributed by atoms with Crippen LogP contribution < -0.4 is 4.74 Å². The maximum atomic E-state index is 12.1. The van der Waals surface area contributed by atoms with Gasteiger partial charge in [-0.05, 0) is 49.7 Å². The molecule has 2 rings (SSSR count). The molecule has 0 atom stereocenters. The molecule has 4 nitrogen and oxygen atoms in total. The van der Waals surface area contributed by atoms with Crippen LogP contribution in [0.5, 0.6) is 5.75 Å². The zero-order valence-corrected chi connectivity index (χ0v) is 15.3. The summed E-state index contributed by atoms with van der Waals surface area (Å²) in [7, 11) is 1.79. The molecule has 0 fully saturated rings. The van der Waals surface area contributed by atoms with Crippen LogP contribution in [0.3, 0.4) is 0 Å². The van der Waals surface area contributed by atoms with Crippen LogP contribution in [0.1, 0.15) is 35.0 Å². The number of thiophene rings is 1. The van der Waals surface area contributed by atoms with E-state index in [9.17, 15) is 9.59 Å². The van der Waals surface area contributed by atoms with E-state index in [4.69, 9.17) is 16.3 Å². The molecule has 6 heteroatoms. The zero-order valence-electron chi connectivity index (χ0n) is 13.8. The fourth-order valence-electron chi connectivity index (χ4n) is 2.15. The Morgan fingerprint density at radius 3 is 2.46 bits per heavy atom. The van der Waals surface area contributed by atoms with Crippen LogP contribution in [-0.4, -0.2) is 30.2 Å². The Balaban J connectivity index is 1.69. The Morgan fingerprint density at radius 2 is 1.88 bits per heavy atom. The second kappa shape index (κ2) is 8.85. The predicted molar refractivity (Wildman–Crippen MR) is 97.0 cm³/mol. The fraction of sp³-hybridized carbons (Fsp3) is 0.333. The molecule has 0 unspecified atom stereocenters. The molecule has 0 radical (unpaired) electrons. The summed E-state index contributed by atoms with van der Waals surface area (Å²) in [4.78, 5) is 26.1. The molecule has 0 N–H and O–H groups in total. The highest BCUT2D eigenvalue weighted by atomic mass is 35.5. The Hall–Kier alpha value is -1.85. The predicted octanol–water partition coefficient (Wildman–Crippen LogP) is 4.42. The van der Waals surface area contributed by atoms with Gasteiger partial charge >= 0.3 is 0 Å². The molecule has 0 aliphatic rings.